The van der Waals surface area contributed by atoms with Crippen LogP contribution in [0, 0.1) is 0 Å². The lowest BCUT2D eigenvalue weighted by Crippen LogP contribution is -2.28. The summed E-state index contributed by atoms with van der Waals surface area (Å²) < 4.78 is 7.10. The smallest absolute Gasteiger partial charge is 0.129 e. The molecule has 1 atom stereocenters. The molecule has 2 rings (SSSR count). The first kappa shape index (κ1) is 13.1. The molecular weight excluding hydrogens is 248 g/mol. The Kier molecular flexibility index (Phi) is 4.35. The number of aromatic nitrogens is 2. The molecule has 0 amide bonds. The normalized spacial score (nSPS) is 12.6. The van der Waals surface area contributed by atoms with Crippen LogP contribution in [0.5, 0.6) is 5.75 Å². The molecule has 0 fully saturated rings. The van der Waals surface area contributed by atoms with Gasteiger partial charge in [0.1, 0.15) is 5.75 Å². The molecule has 0 saturated carbocycles. The van der Waals surface area contributed by atoms with Crippen molar-refractivity contribution in [2.45, 2.75) is 25.9 Å². The quantitative estimate of drug-likeness (QED) is 0.617. The highest BCUT2D eigenvalue weighted by atomic mass is 32.1. The van der Waals surface area contributed by atoms with Crippen LogP contribution in [0.3, 0.4) is 0 Å². The summed E-state index contributed by atoms with van der Waals surface area (Å²) in [7, 11) is 1.67. The maximum absolute atomic E-state index is 5.63. The van der Waals surface area contributed by atoms with Crippen molar-refractivity contribution < 1.29 is 4.74 Å². The maximum Gasteiger partial charge on any atom is 0.129 e. The number of nitrogens with two attached hydrogens (primary N) is 1. The van der Waals surface area contributed by atoms with E-state index in [1.54, 1.807) is 18.4 Å². The van der Waals surface area contributed by atoms with Gasteiger partial charge in [0.05, 0.1) is 19.3 Å². The van der Waals surface area contributed by atoms with Crippen LogP contribution >= 0.6 is 11.3 Å². The van der Waals surface area contributed by atoms with E-state index >= 15 is 0 Å². The number of rotatable bonds is 6. The van der Waals surface area contributed by atoms with Crippen LogP contribution in [0.25, 0.3) is 0 Å². The molecule has 2 heterocycles. The van der Waals surface area contributed by atoms with Crippen LogP contribution in [0.15, 0.2) is 23.8 Å². The Balaban J connectivity index is 2.08. The highest BCUT2D eigenvalue weighted by Crippen LogP contribution is 2.28. The zero-order valence-electron chi connectivity index (χ0n) is 10.6. The fourth-order valence-electron chi connectivity index (χ4n) is 1.79. The van der Waals surface area contributed by atoms with Gasteiger partial charge < -0.3 is 4.74 Å². The second-order valence-electron chi connectivity index (χ2n) is 4.02. The summed E-state index contributed by atoms with van der Waals surface area (Å²) >= 11 is 1.64. The molecule has 0 bridgehead atoms. The van der Waals surface area contributed by atoms with Crippen molar-refractivity contribution in [3.8, 4) is 5.75 Å². The minimum Gasteiger partial charge on any atom is -0.496 e. The molecule has 3 N–H and O–H groups in total. The van der Waals surface area contributed by atoms with Crippen LogP contribution in [0.1, 0.15) is 23.4 Å². The molecule has 0 aromatic carbocycles. The second kappa shape index (κ2) is 5.99. The predicted molar refractivity (Wildman–Crippen MR) is 72.5 cm³/mol. The van der Waals surface area contributed by atoms with Gasteiger partial charge in [0.25, 0.3) is 0 Å². The number of thiophene rings is 1. The van der Waals surface area contributed by atoms with E-state index in [2.05, 4.69) is 23.6 Å². The molecule has 0 aliphatic heterocycles. The third-order valence-electron chi connectivity index (χ3n) is 2.83. The van der Waals surface area contributed by atoms with Crippen LogP contribution in [-0.4, -0.2) is 16.9 Å². The van der Waals surface area contributed by atoms with E-state index in [1.807, 2.05) is 22.3 Å². The average Bonchev–Trinajstić information content (AvgIpc) is 3.04. The lowest BCUT2D eigenvalue weighted by molar-refractivity contribution is 0.415. The molecule has 18 heavy (non-hydrogen) atoms. The van der Waals surface area contributed by atoms with E-state index in [0.717, 1.165) is 18.7 Å². The fourth-order valence-corrected chi connectivity index (χ4v) is 2.70. The monoisotopic (exact) mass is 266 g/mol. The SMILES string of the molecule is CCn1cc(CC(NN)c2cc(OC)cs2)cn1. The first-order valence-electron chi connectivity index (χ1n) is 5.86. The summed E-state index contributed by atoms with van der Waals surface area (Å²) in [6.07, 6.45) is 4.76. The molecule has 0 aliphatic rings. The summed E-state index contributed by atoms with van der Waals surface area (Å²) in [6.45, 7) is 2.95. The van der Waals surface area contributed by atoms with Crippen molar-refractivity contribution in [3.63, 3.8) is 0 Å². The van der Waals surface area contributed by atoms with Gasteiger partial charge in [0.2, 0.25) is 0 Å². The van der Waals surface area contributed by atoms with Crippen molar-refractivity contribution in [1.82, 2.24) is 15.2 Å². The van der Waals surface area contributed by atoms with E-state index in [4.69, 9.17) is 10.6 Å². The van der Waals surface area contributed by atoms with E-state index in [-0.39, 0.29) is 6.04 Å². The highest BCUT2D eigenvalue weighted by Gasteiger charge is 2.14. The number of nitrogens with one attached hydrogen (secondary N) is 1. The van der Waals surface area contributed by atoms with Gasteiger partial charge in [-0.05, 0) is 25.0 Å². The second-order valence-corrected chi connectivity index (χ2v) is 4.96. The predicted octanol–water partition coefficient (Wildman–Crippen LogP) is 1.72. The molecule has 0 saturated heterocycles. The molecular formula is C12H18N4OS. The summed E-state index contributed by atoms with van der Waals surface area (Å²) in [5.74, 6) is 6.51. The zero-order chi connectivity index (χ0) is 13.0. The lowest BCUT2D eigenvalue weighted by atomic mass is 10.1. The van der Waals surface area contributed by atoms with Gasteiger partial charge in [-0.15, -0.1) is 11.3 Å². The first-order valence-corrected chi connectivity index (χ1v) is 6.74. The molecule has 2 aromatic heterocycles. The summed E-state index contributed by atoms with van der Waals surface area (Å²) in [5, 5.41) is 6.25. The third kappa shape index (κ3) is 2.90. The van der Waals surface area contributed by atoms with Crippen LogP contribution in [0.4, 0.5) is 0 Å². The largest absolute Gasteiger partial charge is 0.496 e. The molecule has 0 spiro atoms. The van der Waals surface area contributed by atoms with E-state index < -0.39 is 0 Å². The first-order chi connectivity index (χ1) is 8.76. The molecule has 98 valence electrons. The van der Waals surface area contributed by atoms with Crippen molar-refractivity contribution >= 4 is 11.3 Å². The highest BCUT2D eigenvalue weighted by molar-refractivity contribution is 7.10. The number of hydrazine groups is 1. The standard InChI is InChI=1S/C12H18N4OS/c1-3-16-7-9(6-14-16)4-11(15-13)12-5-10(17-2)8-18-12/h5-8,11,15H,3-4,13H2,1-2H3. The number of hydrogen-bond acceptors (Lipinski definition) is 5. The third-order valence-corrected chi connectivity index (χ3v) is 3.85. The van der Waals surface area contributed by atoms with Gasteiger partial charge in [0, 0.05) is 23.0 Å². The van der Waals surface area contributed by atoms with Gasteiger partial charge in [0.15, 0.2) is 0 Å². The Morgan fingerprint density at radius 1 is 1.61 bits per heavy atom. The Labute approximate surface area is 111 Å². The topological polar surface area (TPSA) is 65.1 Å². The minimum atomic E-state index is 0.0911. The van der Waals surface area contributed by atoms with Crippen molar-refractivity contribution in [2.24, 2.45) is 5.84 Å². The fraction of sp³-hybridized carbons (Fsp3) is 0.417. The number of methoxy groups -OCH3 is 1. The minimum absolute atomic E-state index is 0.0911. The molecule has 6 heteroatoms. The number of nitrogens with zero attached hydrogens (tertiary/aromatic N) is 2. The molecule has 1 unspecified atom stereocenters. The van der Waals surface area contributed by atoms with Crippen molar-refractivity contribution in [1.29, 1.82) is 0 Å². The number of aryl methyl sites for hydroxylation is 1. The summed E-state index contributed by atoms with van der Waals surface area (Å²) in [4.78, 5) is 1.17. The Bertz CT molecular complexity index is 494. The number of ether oxygens (including phenoxy) is 1. The zero-order valence-corrected chi connectivity index (χ0v) is 11.4. The van der Waals surface area contributed by atoms with Gasteiger partial charge in [-0.1, -0.05) is 0 Å². The van der Waals surface area contributed by atoms with E-state index in [0.29, 0.717) is 0 Å². The van der Waals surface area contributed by atoms with Gasteiger partial charge in [-0.3, -0.25) is 16.0 Å². The van der Waals surface area contributed by atoms with Crippen LogP contribution < -0.4 is 16.0 Å². The molecule has 5 nitrogen and oxygen atoms in total. The van der Waals surface area contributed by atoms with E-state index in [9.17, 15) is 0 Å². The average molecular weight is 266 g/mol. The van der Waals surface area contributed by atoms with Gasteiger partial charge in [-0.2, -0.15) is 5.10 Å². The summed E-state index contributed by atoms with van der Waals surface area (Å²) in [6, 6.07) is 2.10. The Morgan fingerprint density at radius 2 is 2.44 bits per heavy atom. The van der Waals surface area contributed by atoms with Crippen LogP contribution in [0.2, 0.25) is 0 Å². The number of hydrogen-bond donors (Lipinski definition) is 2. The molecule has 0 aliphatic carbocycles. The lowest BCUT2D eigenvalue weighted by Gasteiger charge is -2.12. The van der Waals surface area contributed by atoms with Gasteiger partial charge in [-0.25, -0.2) is 0 Å². The molecule has 2 aromatic rings. The van der Waals surface area contributed by atoms with Crippen molar-refractivity contribution in [3.05, 3.63) is 34.3 Å². The van der Waals surface area contributed by atoms with Gasteiger partial charge >= 0.3 is 0 Å². The van der Waals surface area contributed by atoms with Crippen molar-refractivity contribution in [2.75, 3.05) is 7.11 Å². The molecule has 0 radical (unpaired) electrons. The Morgan fingerprint density at radius 3 is 3.00 bits per heavy atom. The van der Waals surface area contributed by atoms with E-state index in [1.165, 1.54) is 10.4 Å². The Hall–Kier alpha value is -1.37. The van der Waals surface area contributed by atoms with Crippen LogP contribution in [-0.2, 0) is 13.0 Å². The maximum atomic E-state index is 5.63. The summed E-state index contributed by atoms with van der Waals surface area (Å²) in [5.41, 5.74) is 4.02.